The lowest BCUT2D eigenvalue weighted by atomic mass is 10.2. The quantitative estimate of drug-likeness (QED) is 0.888. The molecule has 1 aromatic carbocycles. The van der Waals surface area contributed by atoms with Crippen molar-refractivity contribution < 1.29 is 14.3 Å². The van der Waals surface area contributed by atoms with Crippen LogP contribution in [0.2, 0.25) is 0 Å². The molecule has 0 aliphatic rings. The second kappa shape index (κ2) is 4.16. The molecule has 5 heteroatoms. The summed E-state index contributed by atoms with van der Waals surface area (Å²) in [5.74, 6) is -1.82. The number of aromatic nitrogens is 2. The average Bonchev–Trinajstić information content (AvgIpc) is 2.58. The largest absolute Gasteiger partial charge is 0.481 e. The van der Waals surface area contributed by atoms with Gasteiger partial charge in [0.2, 0.25) is 0 Å². The summed E-state index contributed by atoms with van der Waals surface area (Å²) >= 11 is 0. The predicted molar refractivity (Wildman–Crippen MR) is 61.2 cm³/mol. The highest BCUT2D eigenvalue weighted by molar-refractivity contribution is 5.81. The normalized spacial score (nSPS) is 12.9. The van der Waals surface area contributed by atoms with E-state index in [-0.39, 0.29) is 12.4 Å². The molecule has 2 rings (SSSR count). The Labute approximate surface area is 97.7 Å². The number of nitrogens with zero attached hydrogens (tertiary/aromatic N) is 2. The van der Waals surface area contributed by atoms with Gasteiger partial charge in [0.25, 0.3) is 0 Å². The highest BCUT2D eigenvalue weighted by atomic mass is 19.1. The fourth-order valence-electron chi connectivity index (χ4n) is 1.76. The van der Waals surface area contributed by atoms with E-state index >= 15 is 0 Å². The maximum atomic E-state index is 13.5. The summed E-state index contributed by atoms with van der Waals surface area (Å²) in [4.78, 5) is 10.8. The van der Waals surface area contributed by atoms with E-state index in [2.05, 4.69) is 5.10 Å². The molecule has 0 saturated carbocycles. The Bertz CT molecular complexity index is 577. The molecule has 0 fully saturated rings. The molecule has 1 unspecified atom stereocenters. The van der Waals surface area contributed by atoms with Crippen molar-refractivity contribution in [2.75, 3.05) is 0 Å². The van der Waals surface area contributed by atoms with Crippen LogP contribution in [-0.4, -0.2) is 20.9 Å². The number of fused-ring (bicyclic) bond motifs is 1. The Balaban J connectivity index is 2.46. The zero-order valence-corrected chi connectivity index (χ0v) is 9.64. The molecule has 1 aromatic heterocycles. The van der Waals surface area contributed by atoms with Crippen LogP contribution in [-0.2, 0) is 11.3 Å². The number of hydrogen-bond donors (Lipinski definition) is 1. The first-order chi connectivity index (χ1) is 8.00. The molecule has 1 heterocycles. The van der Waals surface area contributed by atoms with Gasteiger partial charge in [0.05, 0.1) is 12.5 Å². The molecule has 0 spiro atoms. The Hall–Kier alpha value is -1.91. The summed E-state index contributed by atoms with van der Waals surface area (Å²) in [5.41, 5.74) is 1.08. The molecule has 0 aliphatic heterocycles. The number of benzene rings is 1. The first kappa shape index (κ1) is 11.6. The second-order valence-electron chi connectivity index (χ2n) is 4.14. The van der Waals surface area contributed by atoms with Crippen molar-refractivity contribution in [3.05, 3.63) is 29.7 Å². The molecule has 1 N–H and O–H groups in total. The van der Waals surface area contributed by atoms with E-state index in [4.69, 9.17) is 5.11 Å². The Morgan fingerprint density at radius 3 is 2.88 bits per heavy atom. The van der Waals surface area contributed by atoms with E-state index in [1.165, 1.54) is 6.07 Å². The molecule has 1 atom stereocenters. The Morgan fingerprint density at radius 2 is 2.29 bits per heavy atom. The van der Waals surface area contributed by atoms with E-state index in [1.807, 2.05) is 6.92 Å². The Morgan fingerprint density at radius 1 is 1.59 bits per heavy atom. The molecular formula is C12H13FN2O2. The second-order valence-corrected chi connectivity index (χ2v) is 4.14. The van der Waals surface area contributed by atoms with Crippen molar-refractivity contribution >= 4 is 16.9 Å². The van der Waals surface area contributed by atoms with Crippen LogP contribution in [0, 0.1) is 18.7 Å². The van der Waals surface area contributed by atoms with Gasteiger partial charge in [0.15, 0.2) is 5.82 Å². The van der Waals surface area contributed by atoms with Crippen molar-refractivity contribution in [3.8, 4) is 0 Å². The van der Waals surface area contributed by atoms with Crippen molar-refractivity contribution in [1.82, 2.24) is 9.78 Å². The van der Waals surface area contributed by atoms with E-state index in [1.54, 1.807) is 23.7 Å². The number of aryl methyl sites for hydroxylation is 1. The third kappa shape index (κ3) is 2.00. The molecule has 90 valence electrons. The van der Waals surface area contributed by atoms with E-state index in [0.717, 1.165) is 11.1 Å². The smallest absolute Gasteiger partial charge is 0.308 e. The van der Waals surface area contributed by atoms with Gasteiger partial charge in [-0.1, -0.05) is 19.1 Å². The minimum absolute atomic E-state index is 0.245. The predicted octanol–water partition coefficient (Wildman–Crippen LogP) is 2.20. The zero-order chi connectivity index (χ0) is 12.6. The number of halogens is 1. The molecule has 0 amide bonds. The van der Waals surface area contributed by atoms with Gasteiger partial charge < -0.3 is 5.11 Å². The number of carboxylic acid groups (broad SMARTS) is 1. The van der Waals surface area contributed by atoms with E-state index in [9.17, 15) is 9.18 Å². The lowest BCUT2D eigenvalue weighted by molar-refractivity contribution is -0.141. The fraction of sp³-hybridized carbons (Fsp3) is 0.333. The standard InChI is InChI=1S/C12H13FN2O2/c1-7(12(16)17)6-15-8(2)9-4-3-5-10(13)11(9)14-15/h3-5,7H,6H2,1-2H3,(H,16,17). The fourth-order valence-corrected chi connectivity index (χ4v) is 1.76. The molecule has 2 aromatic rings. The van der Waals surface area contributed by atoms with Crippen LogP contribution in [0.25, 0.3) is 10.9 Å². The highest BCUT2D eigenvalue weighted by Crippen LogP contribution is 2.20. The van der Waals surface area contributed by atoms with Crippen LogP contribution in [0.1, 0.15) is 12.6 Å². The van der Waals surface area contributed by atoms with E-state index < -0.39 is 11.9 Å². The van der Waals surface area contributed by atoms with Gasteiger partial charge in [-0.15, -0.1) is 0 Å². The van der Waals surface area contributed by atoms with Crippen LogP contribution in [0.15, 0.2) is 18.2 Å². The molecule has 0 radical (unpaired) electrons. The molecular weight excluding hydrogens is 223 g/mol. The van der Waals surface area contributed by atoms with Gasteiger partial charge in [-0.25, -0.2) is 4.39 Å². The average molecular weight is 236 g/mol. The summed E-state index contributed by atoms with van der Waals surface area (Å²) in [6.45, 7) is 3.66. The lowest BCUT2D eigenvalue weighted by Gasteiger charge is -2.07. The number of hydrogen-bond acceptors (Lipinski definition) is 2. The number of aliphatic carboxylic acids is 1. The first-order valence-corrected chi connectivity index (χ1v) is 5.35. The van der Waals surface area contributed by atoms with Crippen LogP contribution >= 0.6 is 0 Å². The molecule has 0 saturated heterocycles. The highest BCUT2D eigenvalue weighted by Gasteiger charge is 2.16. The van der Waals surface area contributed by atoms with Gasteiger partial charge >= 0.3 is 5.97 Å². The number of rotatable bonds is 3. The van der Waals surface area contributed by atoms with Crippen molar-refractivity contribution in [1.29, 1.82) is 0 Å². The van der Waals surface area contributed by atoms with Crippen LogP contribution < -0.4 is 0 Å². The van der Waals surface area contributed by atoms with Crippen molar-refractivity contribution in [2.24, 2.45) is 5.92 Å². The molecule has 17 heavy (non-hydrogen) atoms. The summed E-state index contributed by atoms with van der Waals surface area (Å²) < 4.78 is 15.0. The molecule has 0 aliphatic carbocycles. The van der Waals surface area contributed by atoms with Gasteiger partial charge in [-0.2, -0.15) is 5.10 Å². The summed E-state index contributed by atoms with van der Waals surface area (Å²) in [5, 5.41) is 13.7. The number of carbonyl (C=O) groups is 1. The summed E-state index contributed by atoms with van der Waals surface area (Å²) in [6, 6.07) is 4.75. The third-order valence-electron chi connectivity index (χ3n) is 2.85. The van der Waals surface area contributed by atoms with Crippen molar-refractivity contribution in [3.63, 3.8) is 0 Å². The minimum Gasteiger partial charge on any atom is -0.481 e. The van der Waals surface area contributed by atoms with Crippen LogP contribution in [0.5, 0.6) is 0 Å². The zero-order valence-electron chi connectivity index (χ0n) is 9.64. The van der Waals surface area contributed by atoms with Crippen LogP contribution in [0.4, 0.5) is 4.39 Å². The third-order valence-corrected chi connectivity index (χ3v) is 2.85. The first-order valence-electron chi connectivity index (χ1n) is 5.35. The lowest BCUT2D eigenvalue weighted by Crippen LogP contribution is -2.18. The maximum Gasteiger partial charge on any atom is 0.308 e. The van der Waals surface area contributed by atoms with Crippen molar-refractivity contribution in [2.45, 2.75) is 20.4 Å². The van der Waals surface area contributed by atoms with Crippen LogP contribution in [0.3, 0.4) is 0 Å². The summed E-state index contributed by atoms with van der Waals surface area (Å²) in [7, 11) is 0. The monoisotopic (exact) mass is 236 g/mol. The maximum absolute atomic E-state index is 13.5. The van der Waals surface area contributed by atoms with Gasteiger partial charge in [-0.05, 0) is 13.0 Å². The topological polar surface area (TPSA) is 55.1 Å². The Kier molecular flexibility index (Phi) is 2.83. The number of carboxylic acids is 1. The van der Waals surface area contributed by atoms with Gasteiger partial charge in [0, 0.05) is 11.1 Å². The minimum atomic E-state index is -0.885. The molecule has 0 bridgehead atoms. The van der Waals surface area contributed by atoms with Gasteiger partial charge in [0.1, 0.15) is 5.52 Å². The summed E-state index contributed by atoms with van der Waals surface area (Å²) in [6.07, 6.45) is 0. The molecule has 4 nitrogen and oxygen atoms in total. The van der Waals surface area contributed by atoms with Gasteiger partial charge in [-0.3, -0.25) is 9.48 Å². The SMILES string of the molecule is Cc1c2cccc(F)c2nn1CC(C)C(=O)O. The van der Waals surface area contributed by atoms with E-state index in [0.29, 0.717) is 5.52 Å².